The van der Waals surface area contributed by atoms with Crippen LogP contribution in [0.4, 0.5) is 18.9 Å². The van der Waals surface area contributed by atoms with Gasteiger partial charge in [0.1, 0.15) is 5.25 Å². The van der Waals surface area contributed by atoms with E-state index in [1.165, 1.54) is 12.1 Å². The van der Waals surface area contributed by atoms with Crippen LogP contribution in [0.3, 0.4) is 0 Å². The number of anilines is 1. The van der Waals surface area contributed by atoms with Gasteiger partial charge in [-0.15, -0.1) is 0 Å². The summed E-state index contributed by atoms with van der Waals surface area (Å²) in [6.07, 6.45) is -4.64. The van der Waals surface area contributed by atoms with Gasteiger partial charge in [0.2, 0.25) is 11.8 Å². The van der Waals surface area contributed by atoms with E-state index in [-0.39, 0.29) is 17.1 Å². The Hall–Kier alpha value is -3.05. The lowest BCUT2D eigenvalue weighted by atomic mass is 9.83. The first kappa shape index (κ1) is 27.1. The second-order valence-corrected chi connectivity index (χ2v) is 12.4. The molecule has 1 saturated heterocycles. The molecule has 2 aliphatic heterocycles. The molecule has 5 nitrogen and oxygen atoms in total. The molecule has 0 N–H and O–H groups in total. The number of benzene rings is 3. The summed E-state index contributed by atoms with van der Waals surface area (Å²) >= 11 is 14.2. The van der Waals surface area contributed by atoms with Crippen molar-refractivity contribution >= 4 is 63.8 Å². The van der Waals surface area contributed by atoms with E-state index in [1.54, 1.807) is 53.1 Å². The number of imide groups is 1. The number of fused-ring (bicyclic) bond motifs is 2. The van der Waals surface area contributed by atoms with Gasteiger partial charge in [0.25, 0.3) is 0 Å². The van der Waals surface area contributed by atoms with Crippen LogP contribution in [0, 0.1) is 5.92 Å². The van der Waals surface area contributed by atoms with Crippen molar-refractivity contribution in [1.82, 2.24) is 4.57 Å². The lowest BCUT2D eigenvalue weighted by Gasteiger charge is -2.30. The molecule has 0 aliphatic carbocycles. The molecule has 6 rings (SSSR count). The molecule has 40 heavy (non-hydrogen) atoms. The maximum Gasteiger partial charge on any atom is 0.416 e. The highest BCUT2D eigenvalue weighted by molar-refractivity contribution is 8.00. The number of rotatable bonds is 4. The Bertz CT molecular complexity index is 1700. The molecule has 3 heterocycles. The second-order valence-electron chi connectivity index (χ2n) is 9.40. The minimum atomic E-state index is -4.64. The SMILES string of the molecule is O=C1[C@@H]2[C@@H](c3ccc(Cl)cc3)c3sc(=O)n(Cc4ccc(Cl)cc4)c3S[C@@H]2C(=O)N1c1cccc(C(F)(F)F)c1. The van der Waals surface area contributed by atoms with Crippen LogP contribution in [0.1, 0.15) is 27.5 Å². The third-order valence-electron chi connectivity index (χ3n) is 6.96. The Labute approximate surface area is 244 Å². The Morgan fingerprint density at radius 2 is 1.50 bits per heavy atom. The normalized spacial score (nSPS) is 20.5. The van der Waals surface area contributed by atoms with Crippen LogP contribution < -0.4 is 9.77 Å². The minimum absolute atomic E-state index is 0.142. The number of alkyl halides is 3. The number of halogens is 5. The first-order valence-corrected chi connectivity index (χ1v) is 14.4. The van der Waals surface area contributed by atoms with Crippen LogP contribution in [0.15, 0.2) is 82.6 Å². The van der Waals surface area contributed by atoms with Gasteiger partial charge in [0.15, 0.2) is 0 Å². The van der Waals surface area contributed by atoms with E-state index in [1.807, 2.05) is 0 Å². The summed E-state index contributed by atoms with van der Waals surface area (Å²) in [5.74, 6) is -2.84. The van der Waals surface area contributed by atoms with Crippen molar-refractivity contribution in [3.05, 3.63) is 114 Å². The Morgan fingerprint density at radius 3 is 2.15 bits per heavy atom. The molecule has 3 atom stereocenters. The summed E-state index contributed by atoms with van der Waals surface area (Å²) in [7, 11) is 0. The Morgan fingerprint density at radius 1 is 0.850 bits per heavy atom. The molecule has 0 saturated carbocycles. The molecule has 1 aromatic heterocycles. The molecular weight excluding hydrogens is 604 g/mol. The number of hydrogen-bond donors (Lipinski definition) is 0. The zero-order valence-corrected chi connectivity index (χ0v) is 23.3. The number of nitrogens with zero attached hydrogens (tertiary/aromatic N) is 2. The van der Waals surface area contributed by atoms with Gasteiger partial charge in [-0.25, -0.2) is 4.90 Å². The van der Waals surface area contributed by atoms with Gasteiger partial charge in [-0.2, -0.15) is 13.2 Å². The fourth-order valence-electron chi connectivity index (χ4n) is 5.13. The van der Waals surface area contributed by atoms with Gasteiger partial charge in [0.05, 0.1) is 28.7 Å². The first-order chi connectivity index (χ1) is 19.0. The first-order valence-electron chi connectivity index (χ1n) is 12.0. The lowest BCUT2D eigenvalue weighted by Crippen LogP contribution is -2.32. The molecule has 1 fully saturated rings. The standard InChI is InChI=1S/C28H17Cl2F3N2O3S2/c29-17-8-4-14(5-9-17)13-34-26-23(40-27(34)38)20(15-6-10-18(30)11-7-15)21-22(39-26)25(37)35(24(21)36)19-3-1-2-16(12-19)28(31,32)33/h1-12,20-22H,13H2/t20-,21-,22+/m1/s1. The average Bonchev–Trinajstić information content (AvgIpc) is 3.36. The molecule has 0 unspecified atom stereocenters. The summed E-state index contributed by atoms with van der Waals surface area (Å²) < 4.78 is 41.9. The monoisotopic (exact) mass is 620 g/mol. The number of thioether (sulfide) groups is 1. The molecular formula is C28H17Cl2F3N2O3S2. The number of aromatic nitrogens is 1. The summed E-state index contributed by atoms with van der Waals surface area (Å²) in [6.45, 7) is 0.221. The van der Waals surface area contributed by atoms with E-state index in [4.69, 9.17) is 23.2 Å². The number of hydrogen-bond acceptors (Lipinski definition) is 5. The maximum absolute atomic E-state index is 13.9. The third kappa shape index (κ3) is 4.66. The highest BCUT2D eigenvalue weighted by Crippen LogP contribution is 2.54. The van der Waals surface area contributed by atoms with Crippen LogP contribution in [-0.2, 0) is 22.3 Å². The fourth-order valence-corrected chi connectivity index (χ4v) is 8.16. The highest BCUT2D eigenvalue weighted by atomic mass is 35.5. The predicted octanol–water partition coefficient (Wildman–Crippen LogP) is 7.08. The van der Waals surface area contributed by atoms with Gasteiger partial charge in [-0.3, -0.25) is 19.0 Å². The topological polar surface area (TPSA) is 59.4 Å². The smallest absolute Gasteiger partial charge is 0.289 e. The van der Waals surface area contributed by atoms with Crippen molar-refractivity contribution in [1.29, 1.82) is 0 Å². The largest absolute Gasteiger partial charge is 0.416 e. The van der Waals surface area contributed by atoms with Crippen molar-refractivity contribution in [2.75, 3.05) is 4.90 Å². The predicted molar refractivity (Wildman–Crippen MR) is 149 cm³/mol. The van der Waals surface area contributed by atoms with Gasteiger partial charge in [-0.1, -0.05) is 76.6 Å². The van der Waals surface area contributed by atoms with Crippen LogP contribution in [0.25, 0.3) is 0 Å². The van der Waals surface area contributed by atoms with Crippen molar-refractivity contribution in [2.24, 2.45) is 5.92 Å². The number of thiazole rings is 1. The molecule has 4 aromatic rings. The van der Waals surface area contributed by atoms with E-state index in [0.717, 1.165) is 45.7 Å². The molecule has 204 valence electrons. The summed E-state index contributed by atoms with van der Waals surface area (Å²) in [5, 5.41) is 0.630. The minimum Gasteiger partial charge on any atom is -0.289 e. The van der Waals surface area contributed by atoms with Gasteiger partial charge < -0.3 is 0 Å². The summed E-state index contributed by atoms with van der Waals surface area (Å²) in [4.78, 5) is 42.1. The van der Waals surface area contributed by atoms with E-state index in [2.05, 4.69) is 0 Å². The van der Waals surface area contributed by atoms with Crippen LogP contribution >= 0.6 is 46.3 Å². The molecule has 3 aromatic carbocycles. The Kier molecular flexibility index (Phi) is 6.85. The highest BCUT2D eigenvalue weighted by Gasteiger charge is 2.57. The van der Waals surface area contributed by atoms with Crippen molar-refractivity contribution in [3.8, 4) is 0 Å². The van der Waals surface area contributed by atoms with E-state index in [9.17, 15) is 27.6 Å². The quantitative estimate of drug-likeness (QED) is 0.229. The van der Waals surface area contributed by atoms with Gasteiger partial charge in [0, 0.05) is 20.8 Å². The van der Waals surface area contributed by atoms with Crippen molar-refractivity contribution < 1.29 is 22.8 Å². The maximum atomic E-state index is 13.9. The summed E-state index contributed by atoms with van der Waals surface area (Å²) in [5.41, 5.74) is 0.389. The van der Waals surface area contributed by atoms with Gasteiger partial charge in [-0.05, 0) is 53.6 Å². The summed E-state index contributed by atoms with van der Waals surface area (Å²) in [6, 6.07) is 18.0. The van der Waals surface area contributed by atoms with E-state index < -0.39 is 40.6 Å². The van der Waals surface area contributed by atoms with E-state index in [0.29, 0.717) is 25.5 Å². The molecule has 2 amide bonds. The molecule has 12 heteroatoms. The average molecular weight is 621 g/mol. The van der Waals surface area contributed by atoms with Crippen LogP contribution in [-0.4, -0.2) is 21.6 Å². The molecule has 0 radical (unpaired) electrons. The Balaban J connectivity index is 1.47. The third-order valence-corrected chi connectivity index (χ3v) is 10.1. The van der Waals surface area contributed by atoms with Crippen LogP contribution in [0.5, 0.6) is 0 Å². The van der Waals surface area contributed by atoms with Gasteiger partial charge >= 0.3 is 11.0 Å². The number of carbonyl (C=O) groups excluding carboxylic acids is 2. The zero-order valence-electron chi connectivity index (χ0n) is 20.2. The van der Waals surface area contributed by atoms with E-state index >= 15 is 0 Å². The second kappa shape index (κ2) is 10.1. The number of carbonyl (C=O) groups is 2. The van der Waals surface area contributed by atoms with Crippen molar-refractivity contribution in [2.45, 2.75) is 28.9 Å². The lowest BCUT2D eigenvalue weighted by molar-refractivity contribution is -0.137. The molecule has 0 spiro atoms. The molecule has 0 bridgehead atoms. The van der Waals surface area contributed by atoms with Crippen molar-refractivity contribution in [3.63, 3.8) is 0 Å². The van der Waals surface area contributed by atoms with Crippen LogP contribution in [0.2, 0.25) is 10.0 Å². The number of amides is 2. The molecule has 2 aliphatic rings. The zero-order chi connectivity index (χ0) is 28.3. The fraction of sp³-hybridized carbons (Fsp3) is 0.179.